The Morgan fingerprint density at radius 3 is 3.00 bits per heavy atom. The van der Waals surface area contributed by atoms with E-state index in [2.05, 4.69) is 9.97 Å². The Hall–Kier alpha value is -1.69. The van der Waals surface area contributed by atoms with Gasteiger partial charge in [0.2, 0.25) is 0 Å². The minimum atomic E-state index is -0.669. The first-order valence-electron chi connectivity index (χ1n) is 3.56. The molecule has 0 aliphatic carbocycles. The first-order chi connectivity index (χ1) is 6.61. The van der Waals surface area contributed by atoms with E-state index < -0.39 is 10.7 Å². The molecule has 0 aliphatic rings. The lowest BCUT2D eigenvalue weighted by atomic mass is 10.3. The predicted octanol–water partition coefficient (Wildman–Crippen LogP) is 2.26. The van der Waals surface area contributed by atoms with Gasteiger partial charge in [-0.15, -0.1) is 0 Å². The fraction of sp³-hybridized carbons (Fsp3) is 0. The minimum absolute atomic E-state index is 0.00306. The average Bonchev–Trinajstić information content (AvgIpc) is 2.56. The Kier molecular flexibility index (Phi) is 1.85. The summed E-state index contributed by atoms with van der Waals surface area (Å²) in [6.45, 7) is 0. The van der Waals surface area contributed by atoms with E-state index in [4.69, 9.17) is 11.6 Å². The van der Waals surface area contributed by atoms with Crippen LogP contribution >= 0.6 is 11.6 Å². The van der Waals surface area contributed by atoms with E-state index in [0.29, 0.717) is 0 Å². The Labute approximate surface area is 81.7 Å². The number of fused-ring (bicyclic) bond motifs is 1. The van der Waals surface area contributed by atoms with Gasteiger partial charge in [-0.3, -0.25) is 10.1 Å². The first kappa shape index (κ1) is 8.89. The lowest BCUT2D eigenvalue weighted by Crippen LogP contribution is -1.88. The van der Waals surface area contributed by atoms with E-state index in [1.807, 2.05) is 0 Å². The van der Waals surface area contributed by atoms with E-state index in [9.17, 15) is 14.5 Å². The number of nitro groups is 1. The van der Waals surface area contributed by atoms with Crippen molar-refractivity contribution in [3.8, 4) is 0 Å². The molecule has 2 rings (SSSR count). The van der Waals surface area contributed by atoms with Crippen LogP contribution in [-0.4, -0.2) is 14.9 Å². The van der Waals surface area contributed by atoms with Gasteiger partial charge in [-0.05, 0) is 0 Å². The van der Waals surface area contributed by atoms with Crippen LogP contribution in [0.15, 0.2) is 12.4 Å². The van der Waals surface area contributed by atoms with Gasteiger partial charge in [0.05, 0.1) is 22.8 Å². The summed E-state index contributed by atoms with van der Waals surface area (Å²) in [5.74, 6) is -0.669. The molecule has 0 amide bonds. The highest BCUT2D eigenvalue weighted by Gasteiger charge is 2.19. The molecule has 2 aromatic rings. The maximum absolute atomic E-state index is 13.1. The second kappa shape index (κ2) is 2.91. The molecule has 0 saturated heterocycles. The number of nitrogens with zero attached hydrogens (tertiary/aromatic N) is 2. The van der Waals surface area contributed by atoms with Crippen LogP contribution in [0.5, 0.6) is 0 Å². The van der Waals surface area contributed by atoms with E-state index in [1.165, 1.54) is 0 Å². The van der Waals surface area contributed by atoms with E-state index in [0.717, 1.165) is 12.4 Å². The summed E-state index contributed by atoms with van der Waals surface area (Å²) in [5, 5.41) is 10.4. The van der Waals surface area contributed by atoms with Crippen molar-refractivity contribution in [1.29, 1.82) is 0 Å². The summed E-state index contributed by atoms with van der Waals surface area (Å²) in [7, 11) is 0. The monoisotopic (exact) mass is 215 g/mol. The van der Waals surface area contributed by atoms with Crippen molar-refractivity contribution in [2.45, 2.75) is 0 Å². The molecule has 2 heterocycles. The lowest BCUT2D eigenvalue weighted by molar-refractivity contribution is -0.383. The molecule has 0 atom stereocenters. The van der Waals surface area contributed by atoms with E-state index in [-0.39, 0.29) is 21.7 Å². The Morgan fingerprint density at radius 2 is 2.36 bits per heavy atom. The molecule has 0 aromatic carbocycles. The van der Waals surface area contributed by atoms with Crippen molar-refractivity contribution in [2.75, 3.05) is 0 Å². The molecule has 0 bridgehead atoms. The van der Waals surface area contributed by atoms with E-state index in [1.54, 1.807) is 0 Å². The van der Waals surface area contributed by atoms with Crippen LogP contribution in [0.1, 0.15) is 0 Å². The number of rotatable bonds is 1. The smallest absolute Gasteiger partial charge is 0.297 e. The summed E-state index contributed by atoms with van der Waals surface area (Å²) in [4.78, 5) is 15.8. The molecule has 0 saturated carbocycles. The van der Waals surface area contributed by atoms with Crippen molar-refractivity contribution in [1.82, 2.24) is 9.97 Å². The number of aromatic amines is 1. The van der Waals surface area contributed by atoms with Crippen LogP contribution in [-0.2, 0) is 0 Å². The number of nitrogens with one attached hydrogen (secondary N) is 1. The number of halogens is 2. The third kappa shape index (κ3) is 1.12. The largest absolute Gasteiger partial charge is 0.353 e. The SMILES string of the molecule is O=[N+]([O-])c1c[nH]c2c(F)cnc(Cl)c12. The minimum Gasteiger partial charge on any atom is -0.353 e. The summed E-state index contributed by atoms with van der Waals surface area (Å²) in [6.07, 6.45) is 1.99. The van der Waals surface area contributed by atoms with Gasteiger partial charge >= 0.3 is 0 Å². The molecule has 0 unspecified atom stereocenters. The van der Waals surface area contributed by atoms with Crippen LogP contribution < -0.4 is 0 Å². The highest BCUT2D eigenvalue weighted by atomic mass is 35.5. The van der Waals surface area contributed by atoms with Gasteiger partial charge < -0.3 is 4.98 Å². The zero-order valence-electron chi connectivity index (χ0n) is 6.62. The summed E-state index contributed by atoms with van der Waals surface area (Å²) < 4.78 is 13.1. The van der Waals surface area contributed by atoms with Crippen LogP contribution in [0.3, 0.4) is 0 Å². The molecular formula is C7H3ClFN3O2. The van der Waals surface area contributed by atoms with Crippen LogP contribution in [0.25, 0.3) is 10.9 Å². The van der Waals surface area contributed by atoms with Gasteiger partial charge in [0.1, 0.15) is 10.5 Å². The van der Waals surface area contributed by atoms with Crippen LogP contribution in [0.2, 0.25) is 5.15 Å². The molecule has 0 spiro atoms. The summed E-state index contributed by atoms with van der Waals surface area (Å²) in [6, 6.07) is 0. The maximum Gasteiger partial charge on any atom is 0.297 e. The number of pyridine rings is 1. The zero-order valence-corrected chi connectivity index (χ0v) is 7.38. The molecule has 7 heteroatoms. The van der Waals surface area contributed by atoms with Crippen LogP contribution in [0.4, 0.5) is 10.1 Å². The molecule has 5 nitrogen and oxygen atoms in total. The van der Waals surface area contributed by atoms with Crippen molar-refractivity contribution in [3.05, 3.63) is 33.5 Å². The number of H-pyrrole nitrogens is 1. The molecular weight excluding hydrogens is 213 g/mol. The molecule has 72 valence electrons. The van der Waals surface area contributed by atoms with Gasteiger partial charge in [-0.2, -0.15) is 0 Å². The molecule has 2 aromatic heterocycles. The second-order valence-electron chi connectivity index (χ2n) is 2.58. The number of hydrogen-bond donors (Lipinski definition) is 1. The van der Waals surface area contributed by atoms with Crippen molar-refractivity contribution >= 4 is 28.2 Å². The molecule has 1 N–H and O–H groups in total. The average molecular weight is 216 g/mol. The van der Waals surface area contributed by atoms with Gasteiger partial charge in [0.15, 0.2) is 5.82 Å². The summed E-state index contributed by atoms with van der Waals surface area (Å²) in [5.41, 5.74) is -0.284. The molecule has 14 heavy (non-hydrogen) atoms. The highest BCUT2D eigenvalue weighted by Crippen LogP contribution is 2.31. The highest BCUT2D eigenvalue weighted by molar-refractivity contribution is 6.35. The molecule has 0 fully saturated rings. The maximum atomic E-state index is 13.1. The fourth-order valence-corrected chi connectivity index (χ4v) is 1.44. The molecule has 0 aliphatic heterocycles. The topological polar surface area (TPSA) is 71.8 Å². The quantitative estimate of drug-likeness (QED) is 0.451. The Balaban J connectivity index is 2.90. The van der Waals surface area contributed by atoms with Gasteiger partial charge in [-0.1, -0.05) is 11.6 Å². The lowest BCUT2D eigenvalue weighted by Gasteiger charge is -1.93. The third-order valence-corrected chi connectivity index (χ3v) is 2.08. The Bertz CT molecular complexity index is 525. The van der Waals surface area contributed by atoms with Gasteiger partial charge in [-0.25, -0.2) is 9.37 Å². The zero-order chi connectivity index (χ0) is 10.3. The van der Waals surface area contributed by atoms with Gasteiger partial charge in [0, 0.05) is 0 Å². The number of hydrogen-bond acceptors (Lipinski definition) is 3. The van der Waals surface area contributed by atoms with Crippen molar-refractivity contribution < 1.29 is 9.31 Å². The van der Waals surface area contributed by atoms with Crippen LogP contribution in [0, 0.1) is 15.9 Å². The molecule has 0 radical (unpaired) electrons. The number of aromatic nitrogens is 2. The van der Waals surface area contributed by atoms with E-state index >= 15 is 0 Å². The fourth-order valence-electron chi connectivity index (χ4n) is 1.20. The predicted molar refractivity (Wildman–Crippen MR) is 47.7 cm³/mol. The summed E-state index contributed by atoms with van der Waals surface area (Å²) >= 11 is 5.62. The van der Waals surface area contributed by atoms with Crippen molar-refractivity contribution in [2.24, 2.45) is 0 Å². The second-order valence-corrected chi connectivity index (χ2v) is 2.94. The first-order valence-corrected chi connectivity index (χ1v) is 3.94. The normalized spacial score (nSPS) is 10.7. The Morgan fingerprint density at radius 1 is 1.64 bits per heavy atom. The standard InChI is InChI=1S/C7H3ClFN3O2/c8-7-5-4(12(13)14)2-10-6(5)3(9)1-11-7/h1-2,10H. The van der Waals surface area contributed by atoms with Gasteiger partial charge in [0.25, 0.3) is 5.69 Å². The third-order valence-electron chi connectivity index (χ3n) is 1.79. The van der Waals surface area contributed by atoms with Crippen molar-refractivity contribution in [3.63, 3.8) is 0 Å².